The number of hydrogen-bond acceptors (Lipinski definition) is 7. The summed E-state index contributed by atoms with van der Waals surface area (Å²) >= 11 is 0. The van der Waals surface area contributed by atoms with Gasteiger partial charge in [-0.15, -0.1) is 0 Å². The van der Waals surface area contributed by atoms with E-state index < -0.39 is 36.8 Å². The number of aliphatic hydroxyl groups is 3. The Morgan fingerprint density at radius 1 is 0.465 bits per heavy atom. The average Bonchev–Trinajstić information content (AvgIpc) is 3.00. The molecule has 2 unspecified atom stereocenters. The molecule has 0 aromatic rings. The molecule has 7 nitrogen and oxygen atoms in total. The largest absolute Gasteiger partial charge is 0.393 e. The van der Waals surface area contributed by atoms with Crippen LogP contribution < -0.4 is 0 Å². The first-order chi connectivity index (χ1) is 20.7. The molecule has 0 amide bonds. The molecule has 254 valence electrons. The number of Topliss-reactive ketones (excluding diaryl/α,β-unsaturated/α-hetero) is 2. The summed E-state index contributed by atoms with van der Waals surface area (Å²) < 4.78 is 24.1. The van der Waals surface area contributed by atoms with Gasteiger partial charge in [0.05, 0.1) is 6.61 Å². The monoisotopic (exact) mass is 630 g/mol. The number of rotatable bonds is 33. The van der Waals surface area contributed by atoms with Gasteiger partial charge in [0.1, 0.15) is 0 Å². The van der Waals surface area contributed by atoms with Crippen molar-refractivity contribution in [1.82, 2.24) is 0 Å². The second kappa shape index (κ2) is 27.4. The third-order valence-corrected chi connectivity index (χ3v) is 10.1. The van der Waals surface area contributed by atoms with E-state index in [-0.39, 0.29) is 12.8 Å². The maximum atomic E-state index is 12.9. The minimum atomic E-state index is -3.91. The Morgan fingerprint density at radius 2 is 0.721 bits per heavy atom. The van der Waals surface area contributed by atoms with E-state index in [0.717, 1.165) is 44.9 Å². The molecule has 2 atom stereocenters. The van der Waals surface area contributed by atoms with Crippen molar-refractivity contribution in [2.75, 3.05) is 6.61 Å². The lowest BCUT2D eigenvalue weighted by Crippen LogP contribution is -2.63. The van der Waals surface area contributed by atoms with Crippen LogP contribution in [0.25, 0.3) is 0 Å². The second-order valence-corrected chi connectivity index (χ2v) is 13.9. The zero-order valence-electron chi connectivity index (χ0n) is 27.9. The molecule has 3 N–H and O–H groups in total. The zero-order valence-corrected chi connectivity index (χ0v) is 28.8. The molecule has 8 heteroatoms. The Balaban J connectivity index is 4.33. The Morgan fingerprint density at radius 3 is 0.977 bits per heavy atom. The standard InChI is InChI=1S/C35H67O7P/c1-3-5-7-9-11-13-15-17-19-21-23-25-27-29-32(37)34(39,31-36)35(40,43(41)42)33(38)30-28-26-24-22-20-18-16-14-12-10-8-6-4-2/h36,39-40H,3-31H2,1-2H3. The summed E-state index contributed by atoms with van der Waals surface area (Å²) in [7, 11) is -3.91. The highest BCUT2D eigenvalue weighted by atomic mass is 31.1. The summed E-state index contributed by atoms with van der Waals surface area (Å²) in [5, 5.41) is 28.3. The molecule has 0 aliphatic carbocycles. The van der Waals surface area contributed by atoms with Crippen LogP contribution in [-0.2, 0) is 18.7 Å². The van der Waals surface area contributed by atoms with Crippen LogP contribution in [0.1, 0.15) is 194 Å². The van der Waals surface area contributed by atoms with E-state index in [2.05, 4.69) is 13.8 Å². The predicted octanol–water partition coefficient (Wildman–Crippen LogP) is 9.67. The smallest absolute Gasteiger partial charge is 0.359 e. The van der Waals surface area contributed by atoms with Gasteiger partial charge in [0.15, 0.2) is 17.2 Å². The lowest BCUT2D eigenvalue weighted by Gasteiger charge is -2.34. The van der Waals surface area contributed by atoms with Gasteiger partial charge >= 0.3 is 7.68 Å². The number of ketones is 2. The first-order valence-electron chi connectivity index (χ1n) is 18.0. The van der Waals surface area contributed by atoms with Crippen molar-refractivity contribution in [2.24, 2.45) is 0 Å². The molecule has 0 aromatic heterocycles. The average molecular weight is 631 g/mol. The van der Waals surface area contributed by atoms with Gasteiger partial charge in [-0.05, 0) is 12.8 Å². The lowest BCUT2D eigenvalue weighted by atomic mass is 9.85. The van der Waals surface area contributed by atoms with Crippen LogP contribution >= 0.6 is 7.68 Å². The molecular formula is C35H67O7P. The fourth-order valence-corrected chi connectivity index (χ4v) is 6.68. The van der Waals surface area contributed by atoms with Gasteiger partial charge < -0.3 is 15.3 Å². The van der Waals surface area contributed by atoms with Crippen molar-refractivity contribution in [3.63, 3.8) is 0 Å². The van der Waals surface area contributed by atoms with Crippen LogP contribution in [0.4, 0.5) is 0 Å². The van der Waals surface area contributed by atoms with Crippen molar-refractivity contribution in [3.05, 3.63) is 0 Å². The molecule has 0 radical (unpaired) electrons. The molecule has 0 heterocycles. The van der Waals surface area contributed by atoms with Crippen LogP contribution in [0.3, 0.4) is 0 Å². The van der Waals surface area contributed by atoms with E-state index in [1.54, 1.807) is 0 Å². The molecule has 0 aliphatic rings. The molecule has 0 aromatic carbocycles. The van der Waals surface area contributed by atoms with Gasteiger partial charge in [-0.1, -0.05) is 168 Å². The highest BCUT2D eigenvalue weighted by Crippen LogP contribution is 2.40. The highest BCUT2D eigenvalue weighted by Gasteiger charge is 2.62. The van der Waals surface area contributed by atoms with Crippen molar-refractivity contribution in [2.45, 2.75) is 205 Å². The van der Waals surface area contributed by atoms with Crippen molar-refractivity contribution in [3.8, 4) is 0 Å². The second-order valence-electron chi connectivity index (χ2n) is 12.8. The number of carbonyl (C=O) groups is 2. The quantitative estimate of drug-likeness (QED) is 0.0486. The van der Waals surface area contributed by atoms with Crippen LogP contribution in [0.15, 0.2) is 0 Å². The third kappa shape index (κ3) is 18.0. The van der Waals surface area contributed by atoms with Gasteiger partial charge in [0, 0.05) is 12.8 Å². The number of unbranched alkanes of at least 4 members (excludes halogenated alkanes) is 24. The summed E-state index contributed by atoms with van der Waals surface area (Å²) in [6, 6.07) is 0. The maximum Gasteiger partial charge on any atom is 0.359 e. The van der Waals surface area contributed by atoms with Gasteiger partial charge in [-0.2, -0.15) is 0 Å². The molecule has 0 bridgehead atoms. The van der Waals surface area contributed by atoms with E-state index in [1.807, 2.05) is 0 Å². The number of aliphatic hydroxyl groups excluding tert-OH is 1. The van der Waals surface area contributed by atoms with Crippen molar-refractivity contribution >= 4 is 19.2 Å². The first kappa shape index (κ1) is 42.1. The molecule has 0 aliphatic heterocycles. The van der Waals surface area contributed by atoms with Gasteiger partial charge in [-0.3, -0.25) is 9.59 Å². The maximum absolute atomic E-state index is 12.9. The Kier molecular flexibility index (Phi) is 26.9. The molecular weight excluding hydrogens is 563 g/mol. The fourth-order valence-electron chi connectivity index (χ4n) is 5.86. The fraction of sp³-hybridized carbons (Fsp3) is 0.943. The summed E-state index contributed by atoms with van der Waals surface area (Å²) in [4.78, 5) is 25.7. The summed E-state index contributed by atoms with van der Waals surface area (Å²) in [5.74, 6) is -2.12. The minimum absolute atomic E-state index is 0.202. The lowest BCUT2D eigenvalue weighted by molar-refractivity contribution is -0.173. The van der Waals surface area contributed by atoms with E-state index in [9.17, 15) is 34.0 Å². The third-order valence-electron chi connectivity index (χ3n) is 8.93. The SMILES string of the molecule is CCCCCCCCCCCCCCCC(=O)C(O)(CO)C(O)(C(=O)CCCCCCCCCCCCCCC)P(=O)=O. The summed E-state index contributed by atoms with van der Waals surface area (Å²) in [6.45, 7) is 3.12. The van der Waals surface area contributed by atoms with Crippen LogP contribution in [-0.4, -0.2) is 44.4 Å². The molecule has 43 heavy (non-hydrogen) atoms. The Labute approximate surface area is 264 Å². The van der Waals surface area contributed by atoms with Gasteiger partial charge in [-0.25, -0.2) is 9.13 Å². The topological polar surface area (TPSA) is 129 Å². The molecule has 0 spiro atoms. The molecule has 0 saturated heterocycles. The van der Waals surface area contributed by atoms with Crippen LogP contribution in [0.5, 0.6) is 0 Å². The van der Waals surface area contributed by atoms with Gasteiger partial charge in [0.25, 0.3) is 5.34 Å². The van der Waals surface area contributed by atoms with Gasteiger partial charge in [0.2, 0.25) is 0 Å². The van der Waals surface area contributed by atoms with Crippen LogP contribution in [0.2, 0.25) is 0 Å². The first-order valence-corrected chi connectivity index (χ1v) is 19.2. The normalized spacial score (nSPS) is 14.3. The summed E-state index contributed by atoms with van der Waals surface area (Å²) in [6.07, 6.45) is 28.3. The van der Waals surface area contributed by atoms with E-state index in [0.29, 0.717) is 19.3 Å². The number of carbonyl (C=O) groups excluding carboxylic acids is 2. The Hall–Kier alpha value is -0.880. The minimum Gasteiger partial charge on any atom is -0.393 e. The van der Waals surface area contributed by atoms with Crippen molar-refractivity contribution < 1.29 is 34.0 Å². The van der Waals surface area contributed by atoms with E-state index >= 15 is 0 Å². The summed E-state index contributed by atoms with van der Waals surface area (Å²) in [5.41, 5.74) is -3.05. The van der Waals surface area contributed by atoms with Crippen LogP contribution in [0, 0.1) is 0 Å². The molecule has 0 fully saturated rings. The number of hydrogen-bond donors (Lipinski definition) is 3. The van der Waals surface area contributed by atoms with Crippen molar-refractivity contribution in [1.29, 1.82) is 0 Å². The Bertz CT molecular complexity index is 761. The highest BCUT2D eigenvalue weighted by molar-refractivity contribution is 7.34. The predicted molar refractivity (Wildman–Crippen MR) is 176 cm³/mol. The zero-order chi connectivity index (χ0) is 32.2. The molecule has 0 saturated carbocycles. The van der Waals surface area contributed by atoms with E-state index in [4.69, 9.17) is 0 Å². The van der Waals surface area contributed by atoms with E-state index in [1.165, 1.54) is 103 Å². The molecule has 0 rings (SSSR count).